The van der Waals surface area contributed by atoms with Gasteiger partial charge in [0, 0.05) is 6.54 Å². The number of aromatic nitrogens is 1. The Morgan fingerprint density at radius 1 is 1.18 bits per heavy atom. The number of fused-ring (bicyclic) bond motifs is 1. The third-order valence-electron chi connectivity index (χ3n) is 5.21. The number of aromatic carboxylic acids is 1. The number of thiazole rings is 1. The molecule has 0 spiro atoms. The van der Waals surface area contributed by atoms with Gasteiger partial charge in [-0.25, -0.2) is 9.78 Å². The Kier molecular flexibility index (Phi) is 5.59. The first-order valence-electron chi connectivity index (χ1n) is 9.71. The Morgan fingerprint density at radius 3 is 2.71 bits per heavy atom. The van der Waals surface area contributed by atoms with Gasteiger partial charge in [0.1, 0.15) is 22.2 Å². The monoisotopic (exact) mass is 396 g/mol. The van der Waals surface area contributed by atoms with Crippen LogP contribution < -0.4 is 4.74 Å². The molecule has 0 saturated carbocycles. The van der Waals surface area contributed by atoms with E-state index in [1.807, 2.05) is 30.3 Å². The molecule has 6 heteroatoms. The van der Waals surface area contributed by atoms with Gasteiger partial charge in [-0.2, -0.15) is 0 Å². The van der Waals surface area contributed by atoms with Gasteiger partial charge in [0.2, 0.25) is 0 Å². The van der Waals surface area contributed by atoms with Crippen molar-refractivity contribution in [2.45, 2.75) is 26.2 Å². The third kappa shape index (κ3) is 3.88. The minimum atomic E-state index is -0.936. The molecule has 0 bridgehead atoms. The van der Waals surface area contributed by atoms with Crippen molar-refractivity contribution in [2.75, 3.05) is 26.2 Å². The SMILES string of the molecule is Cc1nc(-c2c(OCCN3CCCCC3)ccc3ccccc23)sc1C(=O)O. The first kappa shape index (κ1) is 18.9. The Labute approximate surface area is 168 Å². The van der Waals surface area contributed by atoms with Gasteiger partial charge < -0.3 is 9.84 Å². The molecule has 0 atom stereocenters. The summed E-state index contributed by atoms with van der Waals surface area (Å²) in [4.78, 5) is 18.8. The number of aryl methyl sites for hydroxylation is 1. The highest BCUT2D eigenvalue weighted by Crippen LogP contribution is 2.40. The van der Waals surface area contributed by atoms with Crippen molar-refractivity contribution in [2.24, 2.45) is 0 Å². The van der Waals surface area contributed by atoms with Crippen LogP contribution >= 0.6 is 11.3 Å². The van der Waals surface area contributed by atoms with Gasteiger partial charge in [0.05, 0.1) is 11.3 Å². The number of likely N-dealkylation sites (tertiary alicyclic amines) is 1. The topological polar surface area (TPSA) is 62.7 Å². The molecule has 0 unspecified atom stereocenters. The molecule has 4 rings (SSSR count). The Morgan fingerprint density at radius 2 is 1.96 bits per heavy atom. The Balaban J connectivity index is 1.67. The van der Waals surface area contributed by atoms with Crippen molar-refractivity contribution in [1.82, 2.24) is 9.88 Å². The van der Waals surface area contributed by atoms with Gasteiger partial charge in [-0.1, -0.05) is 36.8 Å². The first-order valence-corrected chi connectivity index (χ1v) is 10.5. The molecule has 28 heavy (non-hydrogen) atoms. The van der Waals surface area contributed by atoms with Crippen LogP contribution in [0.5, 0.6) is 5.75 Å². The summed E-state index contributed by atoms with van der Waals surface area (Å²) in [5.74, 6) is -0.171. The fourth-order valence-corrected chi connectivity index (χ4v) is 4.73. The van der Waals surface area contributed by atoms with E-state index >= 15 is 0 Å². The van der Waals surface area contributed by atoms with Crippen LogP contribution in [0, 0.1) is 6.92 Å². The van der Waals surface area contributed by atoms with Crippen molar-refractivity contribution < 1.29 is 14.6 Å². The van der Waals surface area contributed by atoms with E-state index in [1.54, 1.807) is 6.92 Å². The molecule has 1 aliphatic heterocycles. The average molecular weight is 397 g/mol. The van der Waals surface area contributed by atoms with Gasteiger partial charge in [-0.05, 0) is 49.7 Å². The average Bonchev–Trinajstić information content (AvgIpc) is 3.10. The van der Waals surface area contributed by atoms with Crippen molar-refractivity contribution in [3.05, 3.63) is 47.0 Å². The first-order chi connectivity index (χ1) is 13.6. The van der Waals surface area contributed by atoms with Gasteiger partial charge >= 0.3 is 5.97 Å². The number of hydrogen-bond donors (Lipinski definition) is 1. The van der Waals surface area contributed by atoms with E-state index in [0.29, 0.717) is 17.3 Å². The lowest BCUT2D eigenvalue weighted by Crippen LogP contribution is -2.33. The normalized spacial score (nSPS) is 15.0. The third-order valence-corrected chi connectivity index (χ3v) is 6.37. The number of rotatable bonds is 6. The van der Waals surface area contributed by atoms with Crippen molar-refractivity contribution >= 4 is 28.1 Å². The molecule has 146 valence electrons. The van der Waals surface area contributed by atoms with E-state index in [-0.39, 0.29) is 4.88 Å². The maximum Gasteiger partial charge on any atom is 0.347 e. The van der Waals surface area contributed by atoms with Crippen LogP contribution in [0.15, 0.2) is 36.4 Å². The summed E-state index contributed by atoms with van der Waals surface area (Å²) in [5.41, 5.74) is 1.43. The smallest absolute Gasteiger partial charge is 0.347 e. The zero-order chi connectivity index (χ0) is 19.5. The summed E-state index contributed by atoms with van der Waals surface area (Å²) in [7, 11) is 0. The molecule has 3 aromatic rings. The van der Waals surface area contributed by atoms with Crippen LogP contribution in [-0.2, 0) is 0 Å². The summed E-state index contributed by atoms with van der Waals surface area (Å²) < 4.78 is 6.19. The van der Waals surface area contributed by atoms with Crippen molar-refractivity contribution in [3.8, 4) is 16.3 Å². The van der Waals surface area contributed by atoms with E-state index in [0.717, 1.165) is 41.7 Å². The second-order valence-electron chi connectivity index (χ2n) is 7.15. The fourth-order valence-electron chi connectivity index (χ4n) is 3.76. The highest BCUT2D eigenvalue weighted by atomic mass is 32.1. The zero-order valence-corrected chi connectivity index (χ0v) is 16.8. The molecule has 1 fully saturated rings. The molecule has 1 N–H and O–H groups in total. The number of ether oxygens (including phenoxy) is 1. The standard InChI is InChI=1S/C22H24N2O3S/c1-15-20(22(25)26)28-21(23-15)19-17-8-4-3-7-16(17)9-10-18(19)27-14-13-24-11-5-2-6-12-24/h3-4,7-10H,2,5-6,11-14H2,1H3,(H,25,26). The number of carboxylic acids is 1. The second kappa shape index (κ2) is 8.29. The lowest BCUT2D eigenvalue weighted by Gasteiger charge is -2.26. The van der Waals surface area contributed by atoms with Gasteiger partial charge in [-0.3, -0.25) is 4.90 Å². The zero-order valence-electron chi connectivity index (χ0n) is 16.0. The van der Waals surface area contributed by atoms with Crippen LogP contribution in [-0.4, -0.2) is 47.2 Å². The summed E-state index contributed by atoms with van der Waals surface area (Å²) in [6.45, 7) is 5.54. The summed E-state index contributed by atoms with van der Waals surface area (Å²) in [6.07, 6.45) is 3.84. The summed E-state index contributed by atoms with van der Waals surface area (Å²) in [5, 5.41) is 12.2. The molecular weight excluding hydrogens is 372 g/mol. The number of carboxylic acid groups (broad SMARTS) is 1. The molecule has 1 aliphatic rings. The summed E-state index contributed by atoms with van der Waals surface area (Å²) >= 11 is 1.21. The Hall–Kier alpha value is -2.44. The number of piperidine rings is 1. The van der Waals surface area contributed by atoms with E-state index in [9.17, 15) is 9.90 Å². The van der Waals surface area contributed by atoms with Crippen LogP contribution in [0.25, 0.3) is 21.3 Å². The Bertz CT molecular complexity index is 993. The molecular formula is C22H24N2O3S. The van der Waals surface area contributed by atoms with Crippen LogP contribution in [0.4, 0.5) is 0 Å². The number of hydrogen-bond acceptors (Lipinski definition) is 5. The molecule has 1 aromatic heterocycles. The minimum absolute atomic E-state index is 0.280. The predicted molar refractivity (Wildman–Crippen MR) is 113 cm³/mol. The highest BCUT2D eigenvalue weighted by Gasteiger charge is 2.20. The van der Waals surface area contributed by atoms with Crippen molar-refractivity contribution in [1.29, 1.82) is 0 Å². The van der Waals surface area contributed by atoms with Crippen molar-refractivity contribution in [3.63, 3.8) is 0 Å². The van der Waals surface area contributed by atoms with E-state index in [1.165, 1.54) is 30.6 Å². The molecule has 5 nitrogen and oxygen atoms in total. The van der Waals surface area contributed by atoms with Crippen LogP contribution in [0.2, 0.25) is 0 Å². The minimum Gasteiger partial charge on any atom is -0.491 e. The van der Waals surface area contributed by atoms with E-state index in [4.69, 9.17) is 4.74 Å². The highest BCUT2D eigenvalue weighted by molar-refractivity contribution is 7.17. The van der Waals surface area contributed by atoms with E-state index < -0.39 is 5.97 Å². The second-order valence-corrected chi connectivity index (χ2v) is 8.15. The van der Waals surface area contributed by atoms with Gasteiger partial charge in [0.25, 0.3) is 0 Å². The molecule has 0 radical (unpaired) electrons. The maximum atomic E-state index is 11.5. The molecule has 1 saturated heterocycles. The predicted octanol–water partition coefficient (Wildman–Crippen LogP) is 4.83. The fraction of sp³-hybridized carbons (Fsp3) is 0.364. The molecule has 0 amide bonds. The lowest BCUT2D eigenvalue weighted by atomic mass is 10.0. The van der Waals surface area contributed by atoms with Crippen LogP contribution in [0.1, 0.15) is 34.6 Å². The summed E-state index contributed by atoms with van der Waals surface area (Å²) in [6, 6.07) is 12.1. The largest absolute Gasteiger partial charge is 0.491 e. The van der Waals surface area contributed by atoms with Gasteiger partial charge in [-0.15, -0.1) is 11.3 Å². The number of benzene rings is 2. The number of carbonyl (C=O) groups is 1. The number of nitrogens with zero attached hydrogens (tertiary/aromatic N) is 2. The molecule has 2 aromatic carbocycles. The van der Waals surface area contributed by atoms with E-state index in [2.05, 4.69) is 16.0 Å². The quantitative estimate of drug-likeness (QED) is 0.646. The van der Waals surface area contributed by atoms with Gasteiger partial charge in [0.15, 0.2) is 0 Å². The molecule has 0 aliphatic carbocycles. The molecule has 2 heterocycles. The van der Waals surface area contributed by atoms with Crippen LogP contribution in [0.3, 0.4) is 0 Å². The maximum absolute atomic E-state index is 11.5. The lowest BCUT2D eigenvalue weighted by molar-refractivity contribution is 0.0701.